The van der Waals surface area contributed by atoms with Gasteiger partial charge in [-0.25, -0.2) is 0 Å². The van der Waals surface area contributed by atoms with Crippen LogP contribution in [0.25, 0.3) is 0 Å². The lowest BCUT2D eigenvalue weighted by Crippen LogP contribution is -2.29. The first-order valence-corrected chi connectivity index (χ1v) is 7.62. The van der Waals surface area contributed by atoms with Gasteiger partial charge >= 0.3 is 0 Å². The average Bonchev–Trinajstić information content (AvgIpc) is 2.32. The van der Waals surface area contributed by atoms with Crippen molar-refractivity contribution in [3.05, 3.63) is 32.7 Å². The van der Waals surface area contributed by atoms with Crippen LogP contribution in [-0.2, 0) is 0 Å². The summed E-state index contributed by atoms with van der Waals surface area (Å²) >= 11 is 7.06. The van der Waals surface area contributed by atoms with Gasteiger partial charge in [0, 0.05) is 15.0 Å². The summed E-state index contributed by atoms with van der Waals surface area (Å²) in [6.07, 6.45) is 3.47. The van der Waals surface area contributed by atoms with Crippen molar-refractivity contribution < 1.29 is 0 Å². The Morgan fingerprint density at radius 1 is 1.24 bits per heavy atom. The van der Waals surface area contributed by atoms with Crippen LogP contribution in [0.2, 0.25) is 0 Å². The van der Waals surface area contributed by atoms with Gasteiger partial charge in [-0.15, -0.1) is 0 Å². The summed E-state index contributed by atoms with van der Waals surface area (Å²) in [5.41, 5.74) is 4.16. The number of rotatable bonds is 6. The maximum atomic E-state index is 5.69. The van der Waals surface area contributed by atoms with Gasteiger partial charge in [-0.1, -0.05) is 64.6 Å². The van der Waals surface area contributed by atoms with Crippen LogP contribution in [0.1, 0.15) is 44.7 Å². The molecule has 3 N–H and O–H groups in total. The highest BCUT2D eigenvalue weighted by Crippen LogP contribution is 2.31. The number of nitrogens with one attached hydrogen (secondary N) is 1. The summed E-state index contributed by atoms with van der Waals surface area (Å²) in [5.74, 6) is 6.40. The monoisotopic (exact) mass is 362 g/mol. The Labute approximate surface area is 121 Å². The fourth-order valence-electron chi connectivity index (χ4n) is 2.02. The zero-order valence-corrected chi connectivity index (χ0v) is 13.5. The average molecular weight is 364 g/mol. The highest BCUT2D eigenvalue weighted by atomic mass is 79.9. The zero-order chi connectivity index (χ0) is 12.8. The van der Waals surface area contributed by atoms with E-state index >= 15 is 0 Å². The molecule has 1 unspecified atom stereocenters. The first-order chi connectivity index (χ1) is 8.12. The number of hydrogen-bond donors (Lipinski definition) is 2. The maximum Gasteiger partial charge on any atom is 0.0473 e. The number of nitrogens with two attached hydrogens (primary N) is 1. The molecule has 0 aliphatic heterocycles. The molecule has 2 nitrogen and oxygen atoms in total. The minimum atomic E-state index is 0.211. The molecule has 1 rings (SSSR count). The van der Waals surface area contributed by atoms with E-state index in [0.29, 0.717) is 5.92 Å². The Morgan fingerprint density at radius 3 is 2.35 bits per heavy atom. The molecule has 0 radical (unpaired) electrons. The highest BCUT2D eigenvalue weighted by Gasteiger charge is 2.17. The van der Waals surface area contributed by atoms with Crippen molar-refractivity contribution in [3.8, 4) is 0 Å². The standard InChI is InChI=1S/C13H20Br2N2/c1-3-9(4-2)7-13(17-16)11-6-5-10(14)8-12(11)15/h5-6,8-9,13,17H,3-4,7,16H2,1-2H3. The molecule has 0 aliphatic carbocycles. The van der Waals surface area contributed by atoms with Crippen molar-refractivity contribution in [2.24, 2.45) is 11.8 Å². The number of halogens is 2. The van der Waals surface area contributed by atoms with E-state index in [1.165, 1.54) is 18.4 Å². The van der Waals surface area contributed by atoms with Crippen molar-refractivity contribution in [1.82, 2.24) is 5.43 Å². The van der Waals surface area contributed by atoms with Crippen LogP contribution < -0.4 is 11.3 Å². The molecule has 0 bridgehead atoms. The highest BCUT2D eigenvalue weighted by molar-refractivity contribution is 9.11. The smallest absolute Gasteiger partial charge is 0.0473 e. The second kappa shape index (κ2) is 7.52. The largest absolute Gasteiger partial charge is 0.271 e. The number of benzene rings is 1. The van der Waals surface area contributed by atoms with Crippen molar-refractivity contribution in [2.45, 2.75) is 39.2 Å². The summed E-state index contributed by atoms with van der Waals surface area (Å²) in [5, 5.41) is 0. The fourth-order valence-corrected chi connectivity index (χ4v) is 3.35. The van der Waals surface area contributed by atoms with Crippen molar-refractivity contribution in [3.63, 3.8) is 0 Å². The maximum absolute atomic E-state index is 5.69. The van der Waals surface area contributed by atoms with Gasteiger partial charge < -0.3 is 0 Å². The quantitative estimate of drug-likeness (QED) is 0.575. The third-order valence-electron chi connectivity index (χ3n) is 3.26. The molecule has 17 heavy (non-hydrogen) atoms. The fraction of sp³-hybridized carbons (Fsp3) is 0.538. The number of hydrogen-bond acceptors (Lipinski definition) is 2. The molecular weight excluding hydrogens is 344 g/mol. The lowest BCUT2D eigenvalue weighted by Gasteiger charge is -2.22. The van der Waals surface area contributed by atoms with Crippen LogP contribution in [0.15, 0.2) is 27.1 Å². The SMILES string of the molecule is CCC(CC)CC(NN)c1ccc(Br)cc1Br. The molecule has 0 amide bonds. The Kier molecular flexibility index (Phi) is 6.70. The summed E-state index contributed by atoms with van der Waals surface area (Å²) in [7, 11) is 0. The van der Waals surface area contributed by atoms with Crippen molar-refractivity contribution in [2.75, 3.05) is 0 Å². The first kappa shape index (κ1) is 15.2. The first-order valence-electron chi connectivity index (χ1n) is 6.03. The van der Waals surface area contributed by atoms with E-state index in [-0.39, 0.29) is 6.04 Å². The molecule has 4 heteroatoms. The zero-order valence-electron chi connectivity index (χ0n) is 10.3. The molecule has 96 valence electrons. The predicted octanol–water partition coefficient (Wildman–Crippen LogP) is 4.54. The van der Waals surface area contributed by atoms with E-state index in [9.17, 15) is 0 Å². The van der Waals surface area contributed by atoms with Gasteiger partial charge in [0.2, 0.25) is 0 Å². The van der Waals surface area contributed by atoms with E-state index in [0.717, 1.165) is 15.4 Å². The Balaban J connectivity index is 2.85. The van der Waals surface area contributed by atoms with Gasteiger partial charge in [0.1, 0.15) is 0 Å². The molecule has 0 aromatic heterocycles. The Morgan fingerprint density at radius 2 is 1.88 bits per heavy atom. The predicted molar refractivity (Wildman–Crippen MR) is 80.6 cm³/mol. The third-order valence-corrected chi connectivity index (χ3v) is 4.44. The minimum Gasteiger partial charge on any atom is -0.271 e. The molecular formula is C13H20Br2N2. The summed E-state index contributed by atoms with van der Waals surface area (Å²) < 4.78 is 2.17. The molecule has 1 aromatic rings. The van der Waals surface area contributed by atoms with Gasteiger partial charge in [-0.3, -0.25) is 11.3 Å². The molecule has 1 atom stereocenters. The minimum absolute atomic E-state index is 0.211. The second-order valence-corrected chi connectivity index (χ2v) is 6.07. The van der Waals surface area contributed by atoms with E-state index < -0.39 is 0 Å². The van der Waals surface area contributed by atoms with Gasteiger partial charge in [-0.2, -0.15) is 0 Å². The lowest BCUT2D eigenvalue weighted by molar-refractivity contribution is 0.374. The molecule has 0 aliphatic rings. The van der Waals surface area contributed by atoms with Crippen molar-refractivity contribution in [1.29, 1.82) is 0 Å². The van der Waals surface area contributed by atoms with E-state index in [4.69, 9.17) is 5.84 Å². The van der Waals surface area contributed by atoms with Crippen LogP contribution >= 0.6 is 31.9 Å². The number of hydrazine groups is 1. The topological polar surface area (TPSA) is 38.0 Å². The van der Waals surface area contributed by atoms with Crippen LogP contribution in [0, 0.1) is 5.92 Å². The van der Waals surface area contributed by atoms with Crippen molar-refractivity contribution >= 4 is 31.9 Å². The van der Waals surface area contributed by atoms with Gasteiger partial charge in [0.15, 0.2) is 0 Å². The lowest BCUT2D eigenvalue weighted by atomic mass is 9.91. The summed E-state index contributed by atoms with van der Waals surface area (Å²) in [6.45, 7) is 4.47. The Hall–Kier alpha value is 0.1000. The van der Waals surface area contributed by atoms with E-state index in [1.54, 1.807) is 0 Å². The second-order valence-electron chi connectivity index (χ2n) is 4.30. The molecule has 0 heterocycles. The molecule has 0 fully saturated rings. The third kappa shape index (κ3) is 4.36. The molecule has 1 aromatic carbocycles. The summed E-state index contributed by atoms with van der Waals surface area (Å²) in [4.78, 5) is 0. The van der Waals surface area contributed by atoms with Crippen LogP contribution in [-0.4, -0.2) is 0 Å². The van der Waals surface area contributed by atoms with E-state index in [2.05, 4.69) is 69.3 Å². The van der Waals surface area contributed by atoms with Gasteiger partial charge in [0.05, 0.1) is 0 Å². The molecule has 0 saturated carbocycles. The van der Waals surface area contributed by atoms with Gasteiger partial charge in [0.25, 0.3) is 0 Å². The molecule has 0 saturated heterocycles. The molecule has 0 spiro atoms. The Bertz CT molecular complexity index is 351. The van der Waals surface area contributed by atoms with Crippen LogP contribution in [0.4, 0.5) is 0 Å². The summed E-state index contributed by atoms with van der Waals surface area (Å²) in [6, 6.07) is 6.44. The van der Waals surface area contributed by atoms with Crippen LogP contribution in [0.3, 0.4) is 0 Å². The van der Waals surface area contributed by atoms with Crippen LogP contribution in [0.5, 0.6) is 0 Å². The van der Waals surface area contributed by atoms with Gasteiger partial charge in [-0.05, 0) is 30.0 Å². The normalized spacial score (nSPS) is 13.1. The van der Waals surface area contributed by atoms with E-state index in [1.807, 2.05) is 0 Å².